The minimum absolute atomic E-state index is 0.000457. The van der Waals surface area contributed by atoms with Crippen LogP contribution in [0.2, 0.25) is 10.0 Å². The van der Waals surface area contributed by atoms with Crippen molar-refractivity contribution < 1.29 is 4.79 Å². The SMILES string of the molecule is CC(Sc1nc(N)nc(N)n1)C(=O)Nc1cccc(Cl)c1Cl. The van der Waals surface area contributed by atoms with Gasteiger partial charge in [0.05, 0.1) is 21.0 Å². The zero-order valence-corrected chi connectivity index (χ0v) is 13.7. The molecule has 0 radical (unpaired) electrons. The van der Waals surface area contributed by atoms with E-state index in [1.165, 1.54) is 0 Å². The Balaban J connectivity index is 2.07. The number of rotatable bonds is 4. The molecule has 0 spiro atoms. The maximum absolute atomic E-state index is 12.2. The summed E-state index contributed by atoms with van der Waals surface area (Å²) in [7, 11) is 0. The van der Waals surface area contributed by atoms with Gasteiger partial charge >= 0.3 is 0 Å². The number of carbonyl (C=O) groups excluding carboxylic acids is 1. The molecule has 0 saturated heterocycles. The molecule has 0 fully saturated rings. The third-order valence-electron chi connectivity index (χ3n) is 2.51. The number of benzene rings is 1. The second-order valence-electron chi connectivity index (χ2n) is 4.19. The van der Waals surface area contributed by atoms with Crippen molar-refractivity contribution >= 4 is 58.5 Å². The van der Waals surface area contributed by atoms with E-state index in [4.69, 9.17) is 34.7 Å². The molecule has 2 rings (SSSR count). The second-order valence-corrected chi connectivity index (χ2v) is 6.28. The Morgan fingerprint density at radius 2 is 1.86 bits per heavy atom. The molecule has 1 aromatic heterocycles. The Bertz CT molecular complexity index is 694. The van der Waals surface area contributed by atoms with Crippen LogP contribution in [0.5, 0.6) is 0 Å². The van der Waals surface area contributed by atoms with Crippen LogP contribution >= 0.6 is 35.0 Å². The quantitative estimate of drug-likeness (QED) is 0.717. The van der Waals surface area contributed by atoms with E-state index < -0.39 is 5.25 Å². The van der Waals surface area contributed by atoms with E-state index >= 15 is 0 Å². The van der Waals surface area contributed by atoms with E-state index in [9.17, 15) is 4.79 Å². The summed E-state index contributed by atoms with van der Waals surface area (Å²) in [6.07, 6.45) is 0. The van der Waals surface area contributed by atoms with Gasteiger partial charge in [0.1, 0.15) is 0 Å². The topological polar surface area (TPSA) is 120 Å². The van der Waals surface area contributed by atoms with E-state index in [1.807, 2.05) is 0 Å². The van der Waals surface area contributed by atoms with Crippen LogP contribution in [0.25, 0.3) is 0 Å². The maximum atomic E-state index is 12.2. The van der Waals surface area contributed by atoms with Crippen LogP contribution in [-0.4, -0.2) is 26.1 Å². The number of nitrogens with one attached hydrogen (secondary N) is 1. The van der Waals surface area contributed by atoms with E-state index in [-0.39, 0.29) is 28.0 Å². The predicted octanol–water partition coefficient (Wildman–Crippen LogP) is 2.46. The Labute approximate surface area is 140 Å². The van der Waals surface area contributed by atoms with Gasteiger partial charge < -0.3 is 16.8 Å². The summed E-state index contributed by atoms with van der Waals surface area (Å²) in [5.74, 6) is -0.285. The Morgan fingerprint density at radius 1 is 1.23 bits per heavy atom. The normalized spacial score (nSPS) is 12.0. The third-order valence-corrected chi connectivity index (χ3v) is 4.29. The number of aromatic nitrogens is 3. The second kappa shape index (κ2) is 6.99. The average molecular weight is 359 g/mol. The van der Waals surface area contributed by atoms with Gasteiger partial charge in [-0.2, -0.15) is 15.0 Å². The van der Waals surface area contributed by atoms with Gasteiger partial charge in [-0.3, -0.25) is 4.79 Å². The van der Waals surface area contributed by atoms with Crippen molar-refractivity contribution in [3.05, 3.63) is 28.2 Å². The molecule has 22 heavy (non-hydrogen) atoms. The Kier molecular flexibility index (Phi) is 5.28. The van der Waals surface area contributed by atoms with Crippen LogP contribution in [0.3, 0.4) is 0 Å². The van der Waals surface area contributed by atoms with Crippen molar-refractivity contribution in [1.82, 2.24) is 15.0 Å². The lowest BCUT2D eigenvalue weighted by Gasteiger charge is -2.12. The number of carbonyl (C=O) groups is 1. The molecule has 0 aliphatic carbocycles. The zero-order chi connectivity index (χ0) is 16.3. The van der Waals surface area contributed by atoms with Crippen LogP contribution < -0.4 is 16.8 Å². The summed E-state index contributed by atoms with van der Waals surface area (Å²) >= 11 is 13.0. The molecule has 1 atom stereocenters. The lowest BCUT2D eigenvalue weighted by molar-refractivity contribution is -0.115. The highest BCUT2D eigenvalue weighted by Gasteiger charge is 2.18. The van der Waals surface area contributed by atoms with Crippen molar-refractivity contribution in [3.63, 3.8) is 0 Å². The smallest absolute Gasteiger partial charge is 0.237 e. The fourth-order valence-electron chi connectivity index (χ4n) is 1.49. The lowest BCUT2D eigenvalue weighted by atomic mass is 10.3. The molecule has 10 heteroatoms. The highest BCUT2D eigenvalue weighted by atomic mass is 35.5. The first-order valence-corrected chi connectivity index (χ1v) is 7.69. The van der Waals surface area contributed by atoms with Gasteiger partial charge in [0.15, 0.2) is 5.16 Å². The largest absolute Gasteiger partial charge is 0.368 e. The highest BCUT2D eigenvalue weighted by Crippen LogP contribution is 2.30. The van der Waals surface area contributed by atoms with Crippen molar-refractivity contribution in [2.24, 2.45) is 0 Å². The fourth-order valence-corrected chi connectivity index (χ4v) is 2.61. The molecule has 0 aliphatic rings. The van der Waals surface area contributed by atoms with E-state index in [1.54, 1.807) is 25.1 Å². The maximum Gasteiger partial charge on any atom is 0.237 e. The summed E-state index contributed by atoms with van der Waals surface area (Å²) in [5.41, 5.74) is 11.4. The van der Waals surface area contributed by atoms with Crippen LogP contribution in [0.4, 0.5) is 17.6 Å². The summed E-state index contributed by atoms with van der Waals surface area (Å²) in [4.78, 5) is 23.7. The number of anilines is 3. The summed E-state index contributed by atoms with van der Waals surface area (Å²) in [5, 5.41) is 3.10. The summed E-state index contributed by atoms with van der Waals surface area (Å²) in [6.45, 7) is 1.69. The van der Waals surface area contributed by atoms with E-state index in [2.05, 4.69) is 20.3 Å². The monoisotopic (exact) mass is 358 g/mol. The molecular weight excluding hydrogens is 347 g/mol. The first kappa shape index (κ1) is 16.6. The molecule has 1 aromatic carbocycles. The molecule has 1 amide bonds. The third kappa shape index (κ3) is 4.12. The molecule has 116 valence electrons. The Morgan fingerprint density at radius 3 is 2.50 bits per heavy atom. The minimum atomic E-state index is -0.503. The van der Waals surface area contributed by atoms with Crippen LogP contribution in [-0.2, 0) is 4.79 Å². The number of halogens is 2. The number of hydrogen-bond acceptors (Lipinski definition) is 7. The molecule has 0 aliphatic heterocycles. The molecular formula is C12H12Cl2N6OS. The minimum Gasteiger partial charge on any atom is -0.368 e. The molecule has 2 aromatic rings. The van der Waals surface area contributed by atoms with Crippen molar-refractivity contribution in [3.8, 4) is 0 Å². The van der Waals surface area contributed by atoms with Gasteiger partial charge in [-0.1, -0.05) is 41.0 Å². The predicted molar refractivity (Wildman–Crippen MR) is 89.1 cm³/mol. The van der Waals surface area contributed by atoms with Gasteiger partial charge in [0.2, 0.25) is 17.8 Å². The van der Waals surface area contributed by atoms with E-state index in [0.717, 1.165) is 11.8 Å². The molecule has 5 N–H and O–H groups in total. The van der Waals surface area contributed by atoms with Gasteiger partial charge in [0, 0.05) is 0 Å². The number of nitrogens with two attached hydrogens (primary N) is 2. The fraction of sp³-hybridized carbons (Fsp3) is 0.167. The molecule has 1 heterocycles. The number of hydrogen-bond donors (Lipinski definition) is 3. The van der Waals surface area contributed by atoms with E-state index in [0.29, 0.717) is 10.7 Å². The molecule has 0 bridgehead atoms. The van der Waals surface area contributed by atoms with Gasteiger partial charge in [-0.25, -0.2) is 0 Å². The first-order chi connectivity index (χ1) is 10.4. The molecule has 0 saturated carbocycles. The van der Waals surface area contributed by atoms with Gasteiger partial charge in [-0.15, -0.1) is 0 Å². The van der Waals surface area contributed by atoms with Crippen molar-refractivity contribution in [1.29, 1.82) is 0 Å². The lowest BCUT2D eigenvalue weighted by Crippen LogP contribution is -2.23. The van der Waals surface area contributed by atoms with Crippen LogP contribution in [0.1, 0.15) is 6.92 Å². The summed E-state index contributed by atoms with van der Waals surface area (Å²) < 4.78 is 0. The number of nitrogen functional groups attached to an aromatic ring is 2. The zero-order valence-electron chi connectivity index (χ0n) is 11.4. The standard InChI is InChI=1S/C12H12Cl2N6OS/c1-5(22-12-19-10(15)18-11(16)20-12)9(21)17-7-4-2-3-6(13)8(7)14/h2-5H,1H3,(H,17,21)(H4,15,16,18,19,20). The highest BCUT2D eigenvalue weighted by molar-refractivity contribution is 8.00. The Hall–Kier alpha value is -1.77. The number of thioether (sulfide) groups is 1. The van der Waals surface area contributed by atoms with Crippen molar-refractivity contribution in [2.75, 3.05) is 16.8 Å². The first-order valence-electron chi connectivity index (χ1n) is 6.05. The van der Waals surface area contributed by atoms with Crippen LogP contribution in [0, 0.1) is 0 Å². The van der Waals surface area contributed by atoms with Crippen LogP contribution in [0.15, 0.2) is 23.4 Å². The number of amides is 1. The number of nitrogens with zero attached hydrogens (tertiary/aromatic N) is 3. The van der Waals surface area contributed by atoms with Crippen molar-refractivity contribution in [2.45, 2.75) is 17.3 Å². The average Bonchev–Trinajstić information content (AvgIpc) is 2.42. The molecule has 1 unspecified atom stereocenters. The molecule has 7 nitrogen and oxygen atoms in total. The summed E-state index contributed by atoms with van der Waals surface area (Å²) in [6, 6.07) is 4.98. The van der Waals surface area contributed by atoms with Gasteiger partial charge in [0.25, 0.3) is 0 Å². The van der Waals surface area contributed by atoms with Gasteiger partial charge in [-0.05, 0) is 19.1 Å².